The smallest absolute Gasteiger partial charge is 0.0219 e. The number of aromatic nitrogens is 1. The van der Waals surface area contributed by atoms with E-state index in [9.17, 15) is 0 Å². The van der Waals surface area contributed by atoms with Crippen LogP contribution < -0.4 is 5.73 Å². The minimum Gasteiger partial charge on any atom is -0.354 e. The molecule has 0 aliphatic rings. The molecule has 0 fully saturated rings. The van der Waals surface area contributed by atoms with Gasteiger partial charge in [-0.15, -0.1) is 0 Å². The maximum absolute atomic E-state index is 5.55. The van der Waals surface area contributed by atoms with E-state index >= 15 is 0 Å². The molecule has 18 heavy (non-hydrogen) atoms. The van der Waals surface area contributed by atoms with Gasteiger partial charge in [-0.05, 0) is 31.0 Å². The third-order valence-electron chi connectivity index (χ3n) is 3.51. The molecule has 0 bridgehead atoms. The molecule has 0 unspecified atom stereocenters. The Kier molecular flexibility index (Phi) is 8.66. The van der Waals surface area contributed by atoms with E-state index in [2.05, 4.69) is 30.0 Å². The molecule has 1 heterocycles. The zero-order chi connectivity index (χ0) is 13.1. The second-order valence-corrected chi connectivity index (χ2v) is 5.27. The van der Waals surface area contributed by atoms with Crippen LogP contribution in [0.1, 0.15) is 63.9 Å². The van der Waals surface area contributed by atoms with E-state index in [4.69, 9.17) is 5.73 Å². The molecule has 2 nitrogen and oxygen atoms in total. The summed E-state index contributed by atoms with van der Waals surface area (Å²) in [6.07, 6.45) is 16.6. The fourth-order valence-corrected chi connectivity index (χ4v) is 2.37. The van der Waals surface area contributed by atoms with Crippen molar-refractivity contribution in [2.24, 2.45) is 5.73 Å². The minimum atomic E-state index is 0.752. The van der Waals surface area contributed by atoms with Gasteiger partial charge in [-0.1, -0.05) is 51.9 Å². The number of nitrogens with two attached hydrogens (primary N) is 1. The van der Waals surface area contributed by atoms with Gasteiger partial charge in [0.25, 0.3) is 0 Å². The number of hydrogen-bond acceptors (Lipinski definition) is 1. The fraction of sp³-hybridized carbons (Fsp3) is 0.750. The van der Waals surface area contributed by atoms with Gasteiger partial charge in [0.05, 0.1) is 0 Å². The van der Waals surface area contributed by atoms with E-state index in [1.54, 1.807) is 0 Å². The molecule has 0 aliphatic heterocycles. The van der Waals surface area contributed by atoms with Gasteiger partial charge in [0.15, 0.2) is 0 Å². The molecule has 0 amide bonds. The highest BCUT2D eigenvalue weighted by Gasteiger charge is 1.96. The van der Waals surface area contributed by atoms with E-state index in [1.807, 2.05) is 0 Å². The first kappa shape index (κ1) is 15.3. The molecule has 0 saturated carbocycles. The summed E-state index contributed by atoms with van der Waals surface area (Å²) < 4.78 is 2.31. The van der Waals surface area contributed by atoms with Crippen molar-refractivity contribution in [2.75, 3.05) is 6.54 Å². The number of rotatable bonds is 11. The Labute approximate surface area is 113 Å². The van der Waals surface area contributed by atoms with Crippen LogP contribution in [0.4, 0.5) is 0 Å². The monoisotopic (exact) mass is 250 g/mol. The first-order chi connectivity index (χ1) is 8.86. The summed E-state index contributed by atoms with van der Waals surface area (Å²) in [6, 6.07) is 2.19. The van der Waals surface area contributed by atoms with E-state index in [1.165, 1.54) is 63.5 Å². The summed E-state index contributed by atoms with van der Waals surface area (Å²) >= 11 is 0. The van der Waals surface area contributed by atoms with Crippen LogP contribution in [0, 0.1) is 0 Å². The Balaban J connectivity index is 1.96. The zero-order valence-corrected chi connectivity index (χ0v) is 12.0. The van der Waals surface area contributed by atoms with Crippen LogP contribution in [0.3, 0.4) is 0 Å². The van der Waals surface area contributed by atoms with E-state index in [0.717, 1.165) is 13.0 Å². The predicted octanol–water partition coefficient (Wildman–Crippen LogP) is 4.13. The Morgan fingerprint density at radius 2 is 1.67 bits per heavy atom. The quantitative estimate of drug-likeness (QED) is 0.588. The SMILES string of the molecule is CCCCCCCCCCn1ccc(CCN)c1. The lowest BCUT2D eigenvalue weighted by Crippen LogP contribution is -2.02. The summed E-state index contributed by atoms with van der Waals surface area (Å²) in [6.45, 7) is 4.19. The number of aryl methyl sites for hydroxylation is 1. The van der Waals surface area contributed by atoms with Gasteiger partial charge in [0.1, 0.15) is 0 Å². The van der Waals surface area contributed by atoms with Crippen molar-refractivity contribution in [3.63, 3.8) is 0 Å². The molecule has 2 N–H and O–H groups in total. The van der Waals surface area contributed by atoms with Gasteiger partial charge in [-0.3, -0.25) is 0 Å². The van der Waals surface area contributed by atoms with Crippen molar-refractivity contribution >= 4 is 0 Å². The minimum absolute atomic E-state index is 0.752. The third-order valence-corrected chi connectivity index (χ3v) is 3.51. The Bertz CT molecular complexity index is 291. The normalized spacial score (nSPS) is 11.0. The Hall–Kier alpha value is -0.760. The lowest BCUT2D eigenvalue weighted by Gasteiger charge is -2.03. The van der Waals surface area contributed by atoms with Gasteiger partial charge in [0.2, 0.25) is 0 Å². The molecule has 2 heteroatoms. The second-order valence-electron chi connectivity index (χ2n) is 5.27. The molecule has 1 aromatic heterocycles. The van der Waals surface area contributed by atoms with Gasteiger partial charge in [-0.25, -0.2) is 0 Å². The molecule has 0 aliphatic carbocycles. The van der Waals surface area contributed by atoms with Crippen LogP contribution >= 0.6 is 0 Å². The second kappa shape index (κ2) is 10.2. The Morgan fingerprint density at radius 1 is 1.00 bits per heavy atom. The highest BCUT2D eigenvalue weighted by atomic mass is 14.9. The van der Waals surface area contributed by atoms with Crippen molar-refractivity contribution < 1.29 is 0 Å². The van der Waals surface area contributed by atoms with Crippen LogP contribution in [0.25, 0.3) is 0 Å². The maximum atomic E-state index is 5.55. The van der Waals surface area contributed by atoms with Crippen molar-refractivity contribution in [3.8, 4) is 0 Å². The molecule has 0 aromatic carbocycles. The molecule has 0 atom stereocenters. The van der Waals surface area contributed by atoms with Gasteiger partial charge in [-0.2, -0.15) is 0 Å². The van der Waals surface area contributed by atoms with Crippen LogP contribution in [0.5, 0.6) is 0 Å². The van der Waals surface area contributed by atoms with Gasteiger partial charge in [0, 0.05) is 18.9 Å². The number of unbranched alkanes of at least 4 members (excludes halogenated alkanes) is 7. The number of hydrogen-bond donors (Lipinski definition) is 1. The first-order valence-corrected chi connectivity index (χ1v) is 7.71. The largest absolute Gasteiger partial charge is 0.354 e. The Morgan fingerprint density at radius 3 is 2.33 bits per heavy atom. The van der Waals surface area contributed by atoms with Crippen molar-refractivity contribution in [2.45, 2.75) is 71.3 Å². The topological polar surface area (TPSA) is 30.9 Å². The molecule has 1 aromatic rings. The molecular formula is C16H30N2. The van der Waals surface area contributed by atoms with Crippen LogP contribution in [-0.2, 0) is 13.0 Å². The van der Waals surface area contributed by atoms with Gasteiger partial charge >= 0.3 is 0 Å². The highest BCUT2D eigenvalue weighted by molar-refractivity contribution is 5.10. The van der Waals surface area contributed by atoms with Gasteiger partial charge < -0.3 is 10.3 Å². The summed E-state index contributed by atoms with van der Waals surface area (Å²) in [5.41, 5.74) is 6.92. The fourth-order valence-electron chi connectivity index (χ4n) is 2.37. The summed E-state index contributed by atoms with van der Waals surface area (Å²) in [7, 11) is 0. The highest BCUT2D eigenvalue weighted by Crippen LogP contribution is 2.10. The molecule has 0 spiro atoms. The van der Waals surface area contributed by atoms with E-state index < -0.39 is 0 Å². The first-order valence-electron chi connectivity index (χ1n) is 7.71. The molecule has 0 radical (unpaired) electrons. The van der Waals surface area contributed by atoms with Crippen LogP contribution in [0.2, 0.25) is 0 Å². The summed E-state index contributed by atoms with van der Waals surface area (Å²) in [5.74, 6) is 0. The maximum Gasteiger partial charge on any atom is 0.0219 e. The van der Waals surface area contributed by atoms with Crippen LogP contribution in [-0.4, -0.2) is 11.1 Å². The summed E-state index contributed by atoms with van der Waals surface area (Å²) in [4.78, 5) is 0. The summed E-state index contributed by atoms with van der Waals surface area (Å²) in [5, 5.41) is 0. The average Bonchev–Trinajstić information content (AvgIpc) is 2.81. The van der Waals surface area contributed by atoms with E-state index in [0.29, 0.717) is 0 Å². The van der Waals surface area contributed by atoms with Crippen molar-refractivity contribution in [3.05, 3.63) is 24.0 Å². The van der Waals surface area contributed by atoms with Crippen molar-refractivity contribution in [1.29, 1.82) is 0 Å². The molecule has 104 valence electrons. The molecular weight excluding hydrogens is 220 g/mol. The zero-order valence-electron chi connectivity index (χ0n) is 12.0. The predicted molar refractivity (Wildman–Crippen MR) is 79.8 cm³/mol. The van der Waals surface area contributed by atoms with Crippen LogP contribution in [0.15, 0.2) is 18.5 Å². The third kappa shape index (κ3) is 6.85. The van der Waals surface area contributed by atoms with Crippen molar-refractivity contribution in [1.82, 2.24) is 4.57 Å². The van der Waals surface area contributed by atoms with E-state index in [-0.39, 0.29) is 0 Å². The molecule has 0 saturated heterocycles. The molecule has 1 rings (SSSR count). The average molecular weight is 250 g/mol. The standard InChI is InChI=1S/C16H30N2/c1-2-3-4-5-6-7-8-9-13-18-14-11-16(15-18)10-12-17/h11,14-15H,2-10,12-13,17H2,1H3. The lowest BCUT2D eigenvalue weighted by atomic mass is 10.1. The number of nitrogens with zero attached hydrogens (tertiary/aromatic N) is 1. The lowest BCUT2D eigenvalue weighted by molar-refractivity contribution is 0.544.